The van der Waals surface area contributed by atoms with Gasteiger partial charge < -0.3 is 4.42 Å². The van der Waals surface area contributed by atoms with Crippen LogP contribution in [-0.4, -0.2) is 24.1 Å². The van der Waals surface area contributed by atoms with Gasteiger partial charge >= 0.3 is 0 Å². The van der Waals surface area contributed by atoms with Gasteiger partial charge in [0, 0.05) is 4.88 Å². The van der Waals surface area contributed by atoms with Crippen LogP contribution in [0.15, 0.2) is 63.4 Å². The highest BCUT2D eigenvalue weighted by Crippen LogP contribution is 2.32. The topological polar surface area (TPSA) is 109 Å². The van der Waals surface area contributed by atoms with Crippen LogP contribution in [0.25, 0.3) is 10.2 Å². The summed E-state index contributed by atoms with van der Waals surface area (Å²) in [5.41, 5.74) is 5.65. The van der Waals surface area contributed by atoms with Gasteiger partial charge in [0.25, 0.3) is 0 Å². The predicted octanol–water partition coefficient (Wildman–Crippen LogP) is 4.22. The molecule has 0 saturated carbocycles. The zero-order valence-corrected chi connectivity index (χ0v) is 18.8. The second-order valence-electron chi connectivity index (χ2n) is 6.92. The van der Waals surface area contributed by atoms with E-state index >= 15 is 0 Å². The van der Waals surface area contributed by atoms with Crippen LogP contribution in [-0.2, 0) is 16.6 Å². The van der Waals surface area contributed by atoms with E-state index in [0.717, 1.165) is 21.3 Å². The van der Waals surface area contributed by atoms with Gasteiger partial charge in [-0.25, -0.2) is 23.1 Å². The Labute approximate surface area is 184 Å². The Hall–Kier alpha value is -3.08. The van der Waals surface area contributed by atoms with Crippen molar-refractivity contribution in [2.24, 2.45) is 5.10 Å². The summed E-state index contributed by atoms with van der Waals surface area (Å²) in [5, 5.41) is 5.39. The maximum Gasteiger partial charge on any atom is 0.240 e. The highest BCUT2D eigenvalue weighted by molar-refractivity contribution is 7.89. The summed E-state index contributed by atoms with van der Waals surface area (Å²) < 4.78 is 32.6. The molecule has 3 heterocycles. The monoisotopic (exact) mass is 455 g/mol. The number of fused-ring (bicyclic) bond motifs is 1. The predicted molar refractivity (Wildman–Crippen MR) is 122 cm³/mol. The molecule has 3 aromatic heterocycles. The first-order chi connectivity index (χ1) is 14.8. The standard InChI is InChI=1S/C21H21N5O3S2/c1-13-15(3)30-21-19(13)20(22-12-23-21)26-25-14(2)16-6-8-18(9-7-16)31(27,28)24-11-17-5-4-10-29-17/h4-10,12,24H,11H2,1-3H3,(H,22,23,26)/b25-14-. The van der Waals surface area contributed by atoms with Crippen LogP contribution in [0.4, 0.5) is 5.82 Å². The highest BCUT2D eigenvalue weighted by atomic mass is 32.2. The molecule has 10 heteroatoms. The summed E-state index contributed by atoms with van der Waals surface area (Å²) in [6.45, 7) is 6.03. The number of hydrogen-bond acceptors (Lipinski definition) is 8. The van der Waals surface area contributed by atoms with Crippen LogP contribution in [0.1, 0.15) is 28.7 Å². The van der Waals surface area contributed by atoms with Gasteiger partial charge in [-0.05, 0) is 56.2 Å². The fourth-order valence-corrected chi connectivity index (χ4v) is 5.00. The smallest absolute Gasteiger partial charge is 0.240 e. The zero-order chi connectivity index (χ0) is 22.0. The number of nitrogens with zero attached hydrogens (tertiary/aromatic N) is 3. The van der Waals surface area contributed by atoms with E-state index in [1.54, 1.807) is 47.7 Å². The van der Waals surface area contributed by atoms with E-state index in [9.17, 15) is 8.42 Å². The average molecular weight is 456 g/mol. The van der Waals surface area contributed by atoms with Crippen LogP contribution >= 0.6 is 11.3 Å². The molecule has 4 aromatic rings. The molecule has 0 spiro atoms. The van der Waals surface area contributed by atoms with Gasteiger partial charge in [-0.2, -0.15) is 5.10 Å². The Morgan fingerprint density at radius 2 is 1.94 bits per heavy atom. The van der Waals surface area contributed by atoms with E-state index in [1.807, 2.05) is 13.8 Å². The summed E-state index contributed by atoms with van der Waals surface area (Å²) in [5.74, 6) is 1.19. The zero-order valence-electron chi connectivity index (χ0n) is 17.2. The number of hydrazone groups is 1. The van der Waals surface area contributed by atoms with Crippen molar-refractivity contribution in [3.8, 4) is 0 Å². The molecular formula is C21H21N5O3S2. The molecule has 160 valence electrons. The first-order valence-corrected chi connectivity index (χ1v) is 11.8. The van der Waals surface area contributed by atoms with Gasteiger partial charge in [0.2, 0.25) is 10.0 Å². The molecule has 0 unspecified atom stereocenters. The molecule has 0 saturated heterocycles. The minimum Gasteiger partial charge on any atom is -0.468 e. The molecule has 4 rings (SSSR count). The van der Waals surface area contributed by atoms with Crippen molar-refractivity contribution < 1.29 is 12.8 Å². The van der Waals surface area contributed by atoms with E-state index < -0.39 is 10.0 Å². The van der Waals surface area contributed by atoms with E-state index in [4.69, 9.17) is 4.42 Å². The number of thiophene rings is 1. The molecule has 0 bridgehead atoms. The third-order valence-electron chi connectivity index (χ3n) is 4.89. The normalized spacial score (nSPS) is 12.4. The number of aromatic nitrogens is 2. The minimum absolute atomic E-state index is 0.0936. The summed E-state index contributed by atoms with van der Waals surface area (Å²) in [6, 6.07) is 9.96. The lowest BCUT2D eigenvalue weighted by atomic mass is 10.1. The number of aryl methyl sites for hydroxylation is 2. The number of benzene rings is 1. The molecule has 0 amide bonds. The average Bonchev–Trinajstić information content (AvgIpc) is 3.39. The fourth-order valence-electron chi connectivity index (χ4n) is 3.01. The Morgan fingerprint density at radius 1 is 1.16 bits per heavy atom. The van der Waals surface area contributed by atoms with Crippen molar-refractivity contribution >= 4 is 43.1 Å². The SMILES string of the molecule is C/C(=N/Nc1ncnc2sc(C)c(C)c12)c1ccc(S(=O)(=O)NCc2ccco2)cc1. The molecule has 8 nitrogen and oxygen atoms in total. The maximum atomic E-state index is 12.5. The second kappa shape index (κ2) is 8.58. The Kier molecular flexibility index (Phi) is 5.86. The molecule has 0 radical (unpaired) electrons. The number of nitrogens with one attached hydrogen (secondary N) is 2. The second-order valence-corrected chi connectivity index (χ2v) is 9.89. The maximum absolute atomic E-state index is 12.5. The van der Waals surface area contributed by atoms with Gasteiger partial charge in [0.15, 0.2) is 5.82 Å². The summed E-state index contributed by atoms with van der Waals surface area (Å²) in [4.78, 5) is 10.9. The molecule has 0 aliphatic heterocycles. The largest absolute Gasteiger partial charge is 0.468 e. The Balaban J connectivity index is 1.49. The van der Waals surface area contributed by atoms with E-state index in [-0.39, 0.29) is 11.4 Å². The van der Waals surface area contributed by atoms with Gasteiger partial charge in [0.1, 0.15) is 16.9 Å². The van der Waals surface area contributed by atoms with Gasteiger partial charge in [0.05, 0.1) is 28.8 Å². The molecule has 1 aromatic carbocycles. The van der Waals surface area contributed by atoms with E-state index in [1.165, 1.54) is 17.5 Å². The van der Waals surface area contributed by atoms with E-state index in [0.29, 0.717) is 17.3 Å². The molecule has 0 fully saturated rings. The molecular weight excluding hydrogens is 434 g/mol. The quantitative estimate of drug-likeness (QED) is 0.319. The Morgan fingerprint density at radius 3 is 2.65 bits per heavy atom. The van der Waals surface area contributed by atoms with Crippen molar-refractivity contribution in [1.82, 2.24) is 14.7 Å². The summed E-state index contributed by atoms with van der Waals surface area (Å²) in [7, 11) is -3.64. The first kappa shape index (κ1) is 21.2. The molecule has 0 atom stereocenters. The number of anilines is 1. The molecule has 2 N–H and O–H groups in total. The minimum atomic E-state index is -3.64. The van der Waals surface area contributed by atoms with Crippen LogP contribution in [0, 0.1) is 13.8 Å². The number of hydrogen-bond donors (Lipinski definition) is 2. The van der Waals surface area contributed by atoms with Crippen molar-refractivity contribution in [3.63, 3.8) is 0 Å². The molecule has 31 heavy (non-hydrogen) atoms. The van der Waals surface area contributed by atoms with Crippen molar-refractivity contribution in [3.05, 3.63) is 70.8 Å². The molecule has 0 aliphatic carbocycles. The van der Waals surface area contributed by atoms with Crippen molar-refractivity contribution in [2.45, 2.75) is 32.2 Å². The van der Waals surface area contributed by atoms with Gasteiger partial charge in [-0.1, -0.05) is 12.1 Å². The first-order valence-electron chi connectivity index (χ1n) is 9.48. The van der Waals surface area contributed by atoms with Crippen LogP contribution in [0.5, 0.6) is 0 Å². The Bertz CT molecular complexity index is 1340. The third-order valence-corrected chi connectivity index (χ3v) is 7.43. The highest BCUT2D eigenvalue weighted by Gasteiger charge is 2.15. The van der Waals surface area contributed by atoms with Crippen molar-refractivity contribution in [2.75, 3.05) is 5.43 Å². The number of rotatable bonds is 7. The summed E-state index contributed by atoms with van der Waals surface area (Å²) >= 11 is 1.62. The number of furan rings is 1. The molecule has 0 aliphatic rings. The van der Waals surface area contributed by atoms with E-state index in [2.05, 4.69) is 32.1 Å². The lowest BCUT2D eigenvalue weighted by molar-refractivity contribution is 0.498. The van der Waals surface area contributed by atoms with Gasteiger partial charge in [-0.3, -0.25) is 5.43 Å². The number of sulfonamides is 1. The third kappa shape index (κ3) is 4.50. The van der Waals surface area contributed by atoms with Crippen LogP contribution in [0.2, 0.25) is 0 Å². The van der Waals surface area contributed by atoms with Crippen LogP contribution in [0.3, 0.4) is 0 Å². The summed E-state index contributed by atoms with van der Waals surface area (Å²) in [6.07, 6.45) is 3.02. The lowest BCUT2D eigenvalue weighted by Gasteiger charge is -2.07. The van der Waals surface area contributed by atoms with Crippen LogP contribution < -0.4 is 10.1 Å². The lowest BCUT2D eigenvalue weighted by Crippen LogP contribution is -2.23. The van der Waals surface area contributed by atoms with Gasteiger partial charge in [-0.15, -0.1) is 11.3 Å². The van der Waals surface area contributed by atoms with Crippen molar-refractivity contribution in [1.29, 1.82) is 0 Å². The fraction of sp³-hybridized carbons (Fsp3) is 0.190.